The van der Waals surface area contributed by atoms with Gasteiger partial charge >= 0.3 is 0 Å². The first kappa shape index (κ1) is 22.2. The maximum atomic E-state index is 14.5. The zero-order chi connectivity index (χ0) is 23.4. The average Bonchev–Trinajstić information content (AvgIpc) is 3.22. The van der Waals surface area contributed by atoms with Crippen LogP contribution in [0.4, 0.5) is 20.4 Å². The van der Waals surface area contributed by atoms with Gasteiger partial charge in [0, 0.05) is 17.1 Å². The fourth-order valence-corrected chi connectivity index (χ4v) is 3.24. The molecule has 0 radical (unpaired) electrons. The quantitative estimate of drug-likeness (QED) is 0.394. The molecule has 2 N–H and O–H groups in total. The van der Waals surface area contributed by atoms with Gasteiger partial charge in [-0.05, 0) is 18.2 Å². The topological polar surface area (TPSA) is 104 Å². The summed E-state index contributed by atoms with van der Waals surface area (Å²) in [6, 6.07) is 6.73. The van der Waals surface area contributed by atoms with E-state index in [0.29, 0.717) is 12.5 Å². The first-order valence-corrected chi connectivity index (χ1v) is 9.91. The van der Waals surface area contributed by atoms with Crippen LogP contribution in [0.3, 0.4) is 0 Å². The highest BCUT2D eigenvalue weighted by molar-refractivity contribution is 5.83. The van der Waals surface area contributed by atoms with Gasteiger partial charge in [-0.25, -0.2) is 18.7 Å². The molecule has 0 fully saturated rings. The van der Waals surface area contributed by atoms with E-state index in [1.54, 1.807) is 10.9 Å². The predicted molar refractivity (Wildman–Crippen MR) is 116 cm³/mol. The van der Waals surface area contributed by atoms with E-state index in [9.17, 15) is 8.78 Å². The summed E-state index contributed by atoms with van der Waals surface area (Å²) in [5.74, 6) is -1.50. The molecule has 0 aliphatic heterocycles. The van der Waals surface area contributed by atoms with Crippen LogP contribution in [-0.4, -0.2) is 45.7 Å². The largest absolute Gasteiger partial charge is 0.494 e. The van der Waals surface area contributed by atoms with E-state index in [1.807, 2.05) is 18.2 Å². The molecule has 0 aliphatic carbocycles. The Morgan fingerprint density at radius 1 is 1.00 bits per heavy atom. The number of ether oxygens (including phenoxy) is 3. The summed E-state index contributed by atoms with van der Waals surface area (Å²) in [7, 11) is 2.55. The van der Waals surface area contributed by atoms with Crippen molar-refractivity contribution in [3.05, 3.63) is 60.1 Å². The van der Waals surface area contributed by atoms with E-state index >= 15 is 0 Å². The van der Waals surface area contributed by atoms with Crippen molar-refractivity contribution >= 4 is 22.5 Å². The van der Waals surface area contributed by atoms with Crippen molar-refractivity contribution in [2.45, 2.75) is 13.2 Å². The van der Waals surface area contributed by atoms with Crippen LogP contribution in [0.25, 0.3) is 10.9 Å². The molecule has 2 aromatic carbocycles. The molecule has 0 unspecified atom stereocenters. The van der Waals surface area contributed by atoms with Crippen LogP contribution >= 0.6 is 0 Å². The molecule has 0 amide bonds. The van der Waals surface area contributed by atoms with Gasteiger partial charge in [0.2, 0.25) is 5.95 Å². The smallest absolute Gasteiger partial charge is 0.227 e. The fourth-order valence-electron chi connectivity index (χ4n) is 3.24. The first-order valence-electron chi connectivity index (χ1n) is 9.91. The number of fused-ring (bicyclic) bond motifs is 1. The van der Waals surface area contributed by atoms with E-state index in [2.05, 4.69) is 20.4 Å². The fraction of sp³-hybridized carbons (Fsp3) is 0.227. The van der Waals surface area contributed by atoms with Crippen molar-refractivity contribution in [2.24, 2.45) is 0 Å². The lowest BCUT2D eigenvalue weighted by atomic mass is 10.1. The van der Waals surface area contributed by atoms with Gasteiger partial charge in [-0.2, -0.15) is 5.10 Å². The first-order chi connectivity index (χ1) is 16.0. The van der Waals surface area contributed by atoms with Crippen molar-refractivity contribution in [3.8, 4) is 17.2 Å². The molecule has 9 nitrogen and oxygen atoms in total. The summed E-state index contributed by atoms with van der Waals surface area (Å²) in [5, 5.41) is 17.3. The number of aromatic nitrogens is 4. The molecule has 4 aromatic rings. The van der Waals surface area contributed by atoms with Gasteiger partial charge in [0.25, 0.3) is 0 Å². The molecule has 33 heavy (non-hydrogen) atoms. The number of nitrogens with zero attached hydrogens (tertiary/aromatic N) is 4. The number of aliphatic hydroxyl groups excluding tert-OH is 1. The Kier molecular flexibility index (Phi) is 6.50. The number of hydrogen-bond acceptors (Lipinski definition) is 8. The van der Waals surface area contributed by atoms with Gasteiger partial charge in [-0.15, -0.1) is 0 Å². The van der Waals surface area contributed by atoms with Gasteiger partial charge in [0.1, 0.15) is 6.61 Å². The molecule has 0 bridgehead atoms. The Morgan fingerprint density at radius 2 is 1.70 bits per heavy atom. The Labute approximate surface area is 187 Å². The third-order valence-corrected chi connectivity index (χ3v) is 4.89. The second-order valence-electron chi connectivity index (χ2n) is 6.91. The van der Waals surface area contributed by atoms with E-state index in [-0.39, 0.29) is 29.4 Å². The van der Waals surface area contributed by atoms with Crippen LogP contribution in [0, 0.1) is 11.6 Å². The Morgan fingerprint density at radius 3 is 2.33 bits per heavy atom. The minimum absolute atomic E-state index is 0.00366. The molecule has 4 rings (SSSR count). The predicted octanol–water partition coefficient (Wildman–Crippen LogP) is 3.44. The lowest BCUT2D eigenvalue weighted by Gasteiger charge is -2.13. The van der Waals surface area contributed by atoms with Crippen molar-refractivity contribution in [3.63, 3.8) is 0 Å². The summed E-state index contributed by atoms with van der Waals surface area (Å²) in [4.78, 5) is 8.35. The molecule has 2 aromatic heterocycles. The van der Waals surface area contributed by atoms with Crippen LogP contribution in [0.5, 0.6) is 17.2 Å². The summed E-state index contributed by atoms with van der Waals surface area (Å²) >= 11 is 0. The number of nitrogens with one attached hydrogen (secondary N) is 1. The monoisotopic (exact) mass is 457 g/mol. The highest BCUT2D eigenvalue weighted by Gasteiger charge is 2.20. The minimum atomic E-state index is -0.868. The average molecular weight is 457 g/mol. The van der Waals surface area contributed by atoms with Crippen LogP contribution in [-0.2, 0) is 13.2 Å². The molecule has 0 aliphatic rings. The SMILES string of the molecule is COc1cc(OC)c(F)c(COc2cnc(Nc3ccc4c(cnn4CCO)c3)nc2)c1F. The second-order valence-corrected chi connectivity index (χ2v) is 6.91. The van der Waals surface area contributed by atoms with Gasteiger partial charge < -0.3 is 24.6 Å². The number of methoxy groups -OCH3 is 2. The van der Waals surface area contributed by atoms with Gasteiger partial charge in [-0.1, -0.05) is 0 Å². The molecule has 0 saturated carbocycles. The standard InChI is InChI=1S/C22H21F2N5O4/c1-31-18-8-19(32-2)21(24)16(20(18)23)12-33-15-10-25-22(26-11-15)28-14-3-4-17-13(7-14)9-27-29(17)5-6-30/h3-4,7-11,30H,5-6,12H2,1-2H3,(H,25,26,28). The Balaban J connectivity index is 1.45. The number of halogens is 2. The maximum Gasteiger partial charge on any atom is 0.227 e. The van der Waals surface area contributed by atoms with Crippen molar-refractivity contribution < 1.29 is 28.1 Å². The lowest BCUT2D eigenvalue weighted by molar-refractivity contribution is 0.271. The minimum Gasteiger partial charge on any atom is -0.494 e. The molecule has 0 saturated heterocycles. The molecule has 0 atom stereocenters. The third-order valence-electron chi connectivity index (χ3n) is 4.89. The zero-order valence-electron chi connectivity index (χ0n) is 17.9. The number of aliphatic hydroxyl groups is 1. The number of rotatable bonds is 9. The Hall–Kier alpha value is -3.99. The molecule has 172 valence electrons. The third kappa shape index (κ3) is 4.62. The molecular formula is C22H21F2N5O4. The maximum absolute atomic E-state index is 14.5. The van der Waals surface area contributed by atoms with Crippen LogP contribution in [0.15, 0.2) is 42.9 Å². The van der Waals surface area contributed by atoms with E-state index in [0.717, 1.165) is 22.7 Å². The molecule has 2 heterocycles. The van der Waals surface area contributed by atoms with E-state index < -0.39 is 18.2 Å². The van der Waals surface area contributed by atoms with Gasteiger partial charge in [0.15, 0.2) is 28.9 Å². The molecule has 0 spiro atoms. The van der Waals surface area contributed by atoms with Crippen molar-refractivity contribution in [1.82, 2.24) is 19.7 Å². The normalized spacial score (nSPS) is 10.9. The van der Waals surface area contributed by atoms with Crippen molar-refractivity contribution in [2.75, 3.05) is 26.1 Å². The van der Waals surface area contributed by atoms with Crippen LogP contribution < -0.4 is 19.5 Å². The van der Waals surface area contributed by atoms with Crippen molar-refractivity contribution in [1.29, 1.82) is 0 Å². The highest BCUT2D eigenvalue weighted by Crippen LogP contribution is 2.32. The molecular weight excluding hydrogens is 436 g/mol. The van der Waals surface area contributed by atoms with Crippen LogP contribution in [0.2, 0.25) is 0 Å². The Bertz CT molecular complexity index is 1240. The lowest BCUT2D eigenvalue weighted by Crippen LogP contribution is -2.06. The number of hydrogen-bond donors (Lipinski definition) is 2. The zero-order valence-corrected chi connectivity index (χ0v) is 17.9. The van der Waals surface area contributed by atoms with E-state index in [1.165, 1.54) is 26.6 Å². The van der Waals surface area contributed by atoms with Gasteiger partial charge in [-0.3, -0.25) is 4.68 Å². The summed E-state index contributed by atoms with van der Waals surface area (Å²) < 4.78 is 45.9. The number of benzene rings is 2. The summed E-state index contributed by atoms with van der Waals surface area (Å²) in [5.41, 5.74) is 1.31. The number of anilines is 2. The summed E-state index contributed by atoms with van der Waals surface area (Å²) in [6.45, 7) is 0.0106. The molecule has 11 heteroatoms. The second kappa shape index (κ2) is 9.65. The highest BCUT2D eigenvalue weighted by atomic mass is 19.1. The van der Waals surface area contributed by atoms with E-state index in [4.69, 9.17) is 19.3 Å². The summed E-state index contributed by atoms with van der Waals surface area (Å²) in [6.07, 6.45) is 4.49. The van der Waals surface area contributed by atoms with Crippen LogP contribution in [0.1, 0.15) is 5.56 Å². The van der Waals surface area contributed by atoms with Gasteiger partial charge in [0.05, 0.1) is 57.0 Å².